The van der Waals surface area contributed by atoms with E-state index in [1.807, 2.05) is 48.2 Å². The fourth-order valence-corrected chi connectivity index (χ4v) is 3.59. The van der Waals surface area contributed by atoms with Crippen LogP contribution in [0.15, 0.2) is 47.1 Å². The van der Waals surface area contributed by atoms with Crippen molar-refractivity contribution in [2.75, 3.05) is 11.9 Å². The third-order valence-electron chi connectivity index (χ3n) is 4.88. The van der Waals surface area contributed by atoms with Gasteiger partial charge in [-0.3, -0.25) is 0 Å². The van der Waals surface area contributed by atoms with Gasteiger partial charge in [0.1, 0.15) is 5.76 Å². The van der Waals surface area contributed by atoms with Crippen molar-refractivity contribution in [1.29, 1.82) is 0 Å². The molecule has 1 aliphatic heterocycles. The number of nitrogens with zero attached hydrogens (tertiary/aromatic N) is 3. The molecule has 26 heavy (non-hydrogen) atoms. The van der Waals surface area contributed by atoms with Crippen LogP contribution in [0.1, 0.15) is 43.2 Å². The van der Waals surface area contributed by atoms with Crippen molar-refractivity contribution >= 4 is 22.6 Å². The number of fused-ring (bicyclic) bond motifs is 1. The number of hydrogen-bond acceptors (Lipinski definition) is 4. The number of hydrogen-bond donors (Lipinski definition) is 1. The number of carbonyl (C=O) groups is 1. The highest BCUT2D eigenvalue weighted by atomic mass is 16.3. The number of rotatable bonds is 2. The van der Waals surface area contributed by atoms with E-state index < -0.39 is 0 Å². The maximum absolute atomic E-state index is 13.1. The zero-order valence-corrected chi connectivity index (χ0v) is 14.8. The van der Waals surface area contributed by atoms with E-state index in [9.17, 15) is 4.79 Å². The first-order valence-corrected chi connectivity index (χ1v) is 9.06. The topological polar surface area (TPSA) is 71.3 Å². The molecule has 0 bridgehead atoms. The maximum Gasteiger partial charge on any atom is 0.322 e. The Morgan fingerprint density at radius 3 is 2.96 bits per heavy atom. The summed E-state index contributed by atoms with van der Waals surface area (Å²) >= 11 is 0. The van der Waals surface area contributed by atoms with Gasteiger partial charge in [0.25, 0.3) is 0 Å². The number of nitrogens with one attached hydrogen (secondary N) is 1. The van der Waals surface area contributed by atoms with Gasteiger partial charge in [-0.15, -0.1) is 0 Å². The standard InChI is InChI=1S/C20H22N4O2/c1-14-13-15-16(7-5-8-17(15)23-22-14)21-20(25)24-11-4-2-3-9-18(24)19-10-6-12-26-19/h5-8,10,12-13,18H,2-4,9,11H2,1H3,(H,21,25)/t18-/m1/s1. The third-order valence-corrected chi connectivity index (χ3v) is 4.88. The van der Waals surface area contributed by atoms with Gasteiger partial charge in [-0.2, -0.15) is 10.2 Å². The molecule has 3 heterocycles. The molecule has 1 saturated heterocycles. The van der Waals surface area contributed by atoms with Crippen LogP contribution in [0.3, 0.4) is 0 Å². The number of urea groups is 1. The normalized spacial score (nSPS) is 17.9. The summed E-state index contributed by atoms with van der Waals surface area (Å²) in [6, 6.07) is 11.3. The van der Waals surface area contributed by atoms with Gasteiger partial charge in [0.05, 0.1) is 29.2 Å². The molecular formula is C20H22N4O2. The van der Waals surface area contributed by atoms with Crippen molar-refractivity contribution in [3.63, 3.8) is 0 Å². The first-order valence-electron chi connectivity index (χ1n) is 9.06. The average Bonchev–Trinajstić information content (AvgIpc) is 3.06. The lowest BCUT2D eigenvalue weighted by molar-refractivity contribution is 0.179. The van der Waals surface area contributed by atoms with Crippen molar-refractivity contribution in [2.45, 2.75) is 38.6 Å². The summed E-state index contributed by atoms with van der Waals surface area (Å²) in [5, 5.41) is 12.3. The van der Waals surface area contributed by atoms with Crippen LogP contribution in [0.2, 0.25) is 0 Å². The number of anilines is 1. The molecule has 1 atom stereocenters. The van der Waals surface area contributed by atoms with E-state index in [1.165, 1.54) is 0 Å². The van der Waals surface area contributed by atoms with Crippen LogP contribution in [0.25, 0.3) is 10.9 Å². The van der Waals surface area contributed by atoms with Gasteiger partial charge in [0.2, 0.25) is 0 Å². The van der Waals surface area contributed by atoms with Gasteiger partial charge in [-0.25, -0.2) is 4.79 Å². The van der Waals surface area contributed by atoms with Crippen LogP contribution < -0.4 is 5.32 Å². The molecule has 1 N–H and O–H groups in total. The number of amides is 2. The second kappa shape index (κ2) is 7.15. The summed E-state index contributed by atoms with van der Waals surface area (Å²) in [5.74, 6) is 0.849. The number of furan rings is 1. The van der Waals surface area contributed by atoms with Crippen molar-refractivity contribution in [3.05, 3.63) is 54.1 Å². The van der Waals surface area contributed by atoms with Crippen LogP contribution in [-0.2, 0) is 0 Å². The Balaban J connectivity index is 1.63. The van der Waals surface area contributed by atoms with Gasteiger partial charge in [0.15, 0.2) is 0 Å². The van der Waals surface area contributed by atoms with Gasteiger partial charge < -0.3 is 14.6 Å². The van der Waals surface area contributed by atoms with E-state index in [0.29, 0.717) is 0 Å². The minimum absolute atomic E-state index is 0.0241. The van der Waals surface area contributed by atoms with E-state index in [4.69, 9.17) is 4.42 Å². The number of benzene rings is 1. The quantitative estimate of drug-likeness (QED) is 0.728. The molecule has 0 saturated carbocycles. The average molecular weight is 350 g/mol. The number of aryl methyl sites for hydroxylation is 1. The smallest absolute Gasteiger partial charge is 0.322 e. The van der Waals surface area contributed by atoms with E-state index in [-0.39, 0.29) is 12.1 Å². The van der Waals surface area contributed by atoms with E-state index in [2.05, 4.69) is 15.5 Å². The highest BCUT2D eigenvalue weighted by molar-refractivity contribution is 6.00. The second-order valence-electron chi connectivity index (χ2n) is 6.73. The summed E-state index contributed by atoms with van der Waals surface area (Å²) in [6.45, 7) is 2.62. The number of carbonyl (C=O) groups excluding carboxylic acids is 1. The monoisotopic (exact) mass is 350 g/mol. The molecule has 0 aliphatic carbocycles. The van der Waals surface area contributed by atoms with Crippen LogP contribution in [0, 0.1) is 6.92 Å². The van der Waals surface area contributed by atoms with E-state index >= 15 is 0 Å². The molecule has 1 fully saturated rings. The molecule has 2 amide bonds. The van der Waals surface area contributed by atoms with Crippen molar-refractivity contribution in [2.24, 2.45) is 0 Å². The zero-order valence-electron chi connectivity index (χ0n) is 14.8. The highest BCUT2D eigenvalue weighted by Crippen LogP contribution is 2.31. The fraction of sp³-hybridized carbons (Fsp3) is 0.350. The summed E-state index contributed by atoms with van der Waals surface area (Å²) < 4.78 is 5.61. The molecule has 6 nitrogen and oxygen atoms in total. The molecule has 6 heteroatoms. The maximum atomic E-state index is 13.1. The number of aromatic nitrogens is 2. The predicted molar refractivity (Wildman–Crippen MR) is 99.9 cm³/mol. The molecule has 3 aromatic rings. The summed E-state index contributed by atoms with van der Waals surface area (Å²) in [7, 11) is 0. The van der Waals surface area contributed by atoms with Crippen LogP contribution in [0.5, 0.6) is 0 Å². The van der Waals surface area contributed by atoms with Crippen LogP contribution >= 0.6 is 0 Å². The Kier molecular flexibility index (Phi) is 4.56. The third kappa shape index (κ3) is 3.27. The van der Waals surface area contributed by atoms with Gasteiger partial charge >= 0.3 is 6.03 Å². The molecule has 0 spiro atoms. The highest BCUT2D eigenvalue weighted by Gasteiger charge is 2.28. The lowest BCUT2D eigenvalue weighted by Gasteiger charge is -2.29. The van der Waals surface area contributed by atoms with Gasteiger partial charge in [0, 0.05) is 11.9 Å². The minimum atomic E-state index is -0.102. The van der Waals surface area contributed by atoms with Crippen LogP contribution in [0.4, 0.5) is 10.5 Å². The minimum Gasteiger partial charge on any atom is -0.467 e. The molecule has 0 radical (unpaired) electrons. The Labute approximate surface area is 152 Å². The molecule has 0 unspecified atom stereocenters. The van der Waals surface area contributed by atoms with Crippen molar-refractivity contribution in [1.82, 2.24) is 15.1 Å². The molecular weight excluding hydrogens is 328 g/mol. The fourth-order valence-electron chi connectivity index (χ4n) is 3.59. The SMILES string of the molecule is Cc1cc2c(NC(=O)N3CCCCC[C@@H]3c3ccco3)cccc2nn1. The lowest BCUT2D eigenvalue weighted by Crippen LogP contribution is -2.38. The first-order chi connectivity index (χ1) is 12.7. The van der Waals surface area contributed by atoms with Gasteiger partial charge in [-0.1, -0.05) is 18.9 Å². The molecule has 1 aliphatic rings. The molecule has 134 valence electrons. The summed E-state index contributed by atoms with van der Waals surface area (Å²) in [6.07, 6.45) is 5.82. The molecule has 2 aromatic heterocycles. The first kappa shape index (κ1) is 16.6. The van der Waals surface area contributed by atoms with E-state index in [0.717, 1.165) is 60.3 Å². The van der Waals surface area contributed by atoms with Crippen molar-refractivity contribution in [3.8, 4) is 0 Å². The van der Waals surface area contributed by atoms with Gasteiger partial charge in [-0.05, 0) is 50.1 Å². The largest absolute Gasteiger partial charge is 0.467 e. The van der Waals surface area contributed by atoms with Crippen LogP contribution in [-0.4, -0.2) is 27.7 Å². The Hall–Kier alpha value is -2.89. The Morgan fingerprint density at radius 2 is 2.12 bits per heavy atom. The molecule has 4 rings (SSSR count). The predicted octanol–water partition coefficient (Wildman–Crippen LogP) is 4.68. The van der Waals surface area contributed by atoms with E-state index in [1.54, 1.807) is 6.26 Å². The Bertz CT molecular complexity index is 907. The van der Waals surface area contributed by atoms with Crippen molar-refractivity contribution < 1.29 is 9.21 Å². The molecule has 1 aromatic carbocycles. The second-order valence-corrected chi connectivity index (χ2v) is 6.73. The Morgan fingerprint density at radius 1 is 1.19 bits per heavy atom. The lowest BCUT2D eigenvalue weighted by atomic mass is 10.1. The number of likely N-dealkylation sites (tertiary alicyclic amines) is 1. The zero-order chi connectivity index (χ0) is 17.9. The summed E-state index contributed by atoms with van der Waals surface area (Å²) in [4.78, 5) is 15.0. The summed E-state index contributed by atoms with van der Waals surface area (Å²) in [5.41, 5.74) is 2.35.